The first-order chi connectivity index (χ1) is 10.6. The average molecular weight is 302 g/mol. The van der Waals surface area contributed by atoms with Gasteiger partial charge in [0.2, 0.25) is 0 Å². The number of hydrogen-bond donors (Lipinski definition) is 0. The summed E-state index contributed by atoms with van der Waals surface area (Å²) in [7, 11) is 4.30. The van der Waals surface area contributed by atoms with Crippen LogP contribution in [0.1, 0.15) is 20.7 Å². The van der Waals surface area contributed by atoms with Crippen molar-refractivity contribution in [1.82, 2.24) is 0 Å². The van der Waals surface area contributed by atoms with Crippen LogP contribution < -0.4 is 4.74 Å². The van der Waals surface area contributed by atoms with Gasteiger partial charge in [-0.25, -0.2) is 9.59 Å². The molecule has 5 nitrogen and oxygen atoms in total. The Labute approximate surface area is 129 Å². The van der Waals surface area contributed by atoms with E-state index in [-0.39, 0.29) is 11.9 Å². The molecule has 0 atom stereocenters. The SMILES string of the molecule is COC(=O)c1ccc(OC)cc1.COC(=O)c1ccccc1. The summed E-state index contributed by atoms with van der Waals surface area (Å²) in [6, 6.07) is 15.6. The molecule has 0 aliphatic heterocycles. The summed E-state index contributed by atoms with van der Waals surface area (Å²) < 4.78 is 14.0. The number of rotatable bonds is 3. The van der Waals surface area contributed by atoms with E-state index in [1.807, 2.05) is 6.07 Å². The summed E-state index contributed by atoms with van der Waals surface area (Å²) in [5.74, 6) is 0.0981. The van der Waals surface area contributed by atoms with E-state index in [1.54, 1.807) is 55.6 Å². The second-order valence-electron chi connectivity index (χ2n) is 4.08. The van der Waals surface area contributed by atoms with E-state index in [4.69, 9.17) is 4.74 Å². The van der Waals surface area contributed by atoms with E-state index >= 15 is 0 Å². The highest BCUT2D eigenvalue weighted by molar-refractivity contribution is 5.89. The number of hydrogen-bond acceptors (Lipinski definition) is 5. The molecule has 0 N–H and O–H groups in total. The molecule has 0 spiro atoms. The molecule has 0 aliphatic rings. The van der Waals surface area contributed by atoms with Crippen LogP contribution in [0.5, 0.6) is 5.75 Å². The Morgan fingerprint density at radius 2 is 1.14 bits per heavy atom. The van der Waals surface area contributed by atoms with Crippen molar-refractivity contribution < 1.29 is 23.8 Å². The molecule has 0 radical (unpaired) electrons. The number of esters is 2. The normalized spacial score (nSPS) is 9.05. The van der Waals surface area contributed by atoms with Gasteiger partial charge in [-0.05, 0) is 36.4 Å². The molecule has 0 unspecified atom stereocenters. The molecular formula is C17H18O5. The third kappa shape index (κ3) is 5.28. The van der Waals surface area contributed by atoms with Gasteiger partial charge in [0, 0.05) is 0 Å². The highest BCUT2D eigenvalue weighted by Gasteiger charge is 2.03. The van der Waals surface area contributed by atoms with Crippen LogP contribution in [0.25, 0.3) is 0 Å². The molecule has 2 aromatic carbocycles. The van der Waals surface area contributed by atoms with Gasteiger partial charge < -0.3 is 14.2 Å². The van der Waals surface area contributed by atoms with E-state index in [9.17, 15) is 9.59 Å². The first-order valence-corrected chi connectivity index (χ1v) is 6.48. The van der Waals surface area contributed by atoms with Crippen LogP contribution in [-0.4, -0.2) is 33.3 Å². The second kappa shape index (κ2) is 9.18. The quantitative estimate of drug-likeness (QED) is 0.816. The van der Waals surface area contributed by atoms with Gasteiger partial charge in [-0.2, -0.15) is 0 Å². The monoisotopic (exact) mass is 302 g/mol. The predicted molar refractivity (Wildman–Crippen MR) is 82.1 cm³/mol. The van der Waals surface area contributed by atoms with Crippen molar-refractivity contribution in [3.8, 4) is 5.75 Å². The van der Waals surface area contributed by atoms with Crippen molar-refractivity contribution >= 4 is 11.9 Å². The van der Waals surface area contributed by atoms with Crippen LogP contribution in [0.4, 0.5) is 0 Å². The first kappa shape index (κ1) is 17.2. The molecule has 0 saturated heterocycles. The first-order valence-electron chi connectivity index (χ1n) is 6.48. The molecular weight excluding hydrogens is 284 g/mol. The Hall–Kier alpha value is -2.82. The topological polar surface area (TPSA) is 61.8 Å². The maximum absolute atomic E-state index is 11.0. The third-order valence-electron chi connectivity index (χ3n) is 2.71. The number of benzene rings is 2. The van der Waals surface area contributed by atoms with Crippen molar-refractivity contribution in [2.45, 2.75) is 0 Å². The minimum absolute atomic E-state index is 0.291. The highest BCUT2D eigenvalue weighted by Crippen LogP contribution is 2.11. The lowest BCUT2D eigenvalue weighted by Gasteiger charge is -2.00. The average Bonchev–Trinajstić information content (AvgIpc) is 2.61. The number of carbonyl (C=O) groups excluding carboxylic acids is 2. The van der Waals surface area contributed by atoms with Crippen LogP contribution in [-0.2, 0) is 9.47 Å². The molecule has 0 bridgehead atoms. The largest absolute Gasteiger partial charge is 0.497 e. The molecule has 0 aliphatic carbocycles. The van der Waals surface area contributed by atoms with Gasteiger partial charge in [0.25, 0.3) is 0 Å². The van der Waals surface area contributed by atoms with Crippen molar-refractivity contribution in [3.63, 3.8) is 0 Å². The Balaban J connectivity index is 0.000000224. The summed E-state index contributed by atoms with van der Waals surface area (Å²) >= 11 is 0. The predicted octanol–water partition coefficient (Wildman–Crippen LogP) is 2.96. The lowest BCUT2D eigenvalue weighted by atomic mass is 10.2. The van der Waals surface area contributed by atoms with Crippen LogP contribution in [0.15, 0.2) is 54.6 Å². The van der Waals surface area contributed by atoms with E-state index in [0.717, 1.165) is 5.75 Å². The molecule has 2 rings (SSSR count). The van der Waals surface area contributed by atoms with Crippen LogP contribution in [0.3, 0.4) is 0 Å². The molecule has 0 aromatic heterocycles. The molecule has 5 heteroatoms. The zero-order chi connectivity index (χ0) is 16.4. The summed E-state index contributed by atoms with van der Waals surface area (Å²) in [5.41, 5.74) is 1.11. The summed E-state index contributed by atoms with van der Waals surface area (Å²) in [5, 5.41) is 0. The zero-order valence-electron chi connectivity index (χ0n) is 12.7. The Kier molecular flexibility index (Phi) is 7.19. The summed E-state index contributed by atoms with van der Waals surface area (Å²) in [6.45, 7) is 0. The fraction of sp³-hybridized carbons (Fsp3) is 0.176. The van der Waals surface area contributed by atoms with E-state index < -0.39 is 0 Å². The second-order valence-corrected chi connectivity index (χ2v) is 4.08. The number of carbonyl (C=O) groups is 2. The molecule has 0 amide bonds. The number of methoxy groups -OCH3 is 3. The van der Waals surface area contributed by atoms with Crippen LogP contribution in [0, 0.1) is 0 Å². The van der Waals surface area contributed by atoms with E-state index in [2.05, 4.69) is 9.47 Å². The molecule has 0 fully saturated rings. The van der Waals surface area contributed by atoms with Crippen molar-refractivity contribution in [2.24, 2.45) is 0 Å². The fourth-order valence-electron chi connectivity index (χ4n) is 1.54. The fourth-order valence-corrected chi connectivity index (χ4v) is 1.54. The Morgan fingerprint density at radius 1 is 0.682 bits per heavy atom. The van der Waals surface area contributed by atoms with Crippen LogP contribution in [0.2, 0.25) is 0 Å². The standard InChI is InChI=1S/C9H10O3.C8H8O2/c1-11-8-5-3-7(4-6-8)9(10)12-2;1-10-8(9)7-5-3-2-4-6-7/h3-6H,1-2H3;2-6H,1H3. The van der Waals surface area contributed by atoms with Gasteiger partial charge in [0.1, 0.15) is 5.75 Å². The highest BCUT2D eigenvalue weighted by atomic mass is 16.5. The minimum Gasteiger partial charge on any atom is -0.497 e. The number of ether oxygens (including phenoxy) is 3. The Bertz CT molecular complexity index is 590. The maximum atomic E-state index is 11.0. The lowest BCUT2D eigenvalue weighted by molar-refractivity contribution is 0.0592. The summed E-state index contributed by atoms with van der Waals surface area (Å²) in [6.07, 6.45) is 0. The maximum Gasteiger partial charge on any atom is 0.337 e. The summed E-state index contributed by atoms with van der Waals surface area (Å²) in [4.78, 5) is 21.7. The van der Waals surface area contributed by atoms with Crippen molar-refractivity contribution in [2.75, 3.05) is 21.3 Å². The third-order valence-corrected chi connectivity index (χ3v) is 2.71. The smallest absolute Gasteiger partial charge is 0.337 e. The van der Waals surface area contributed by atoms with Gasteiger partial charge in [0.05, 0.1) is 32.5 Å². The van der Waals surface area contributed by atoms with E-state index in [1.165, 1.54) is 14.2 Å². The molecule has 2 aromatic rings. The molecule has 22 heavy (non-hydrogen) atoms. The van der Waals surface area contributed by atoms with Crippen LogP contribution >= 0.6 is 0 Å². The van der Waals surface area contributed by atoms with Gasteiger partial charge in [-0.3, -0.25) is 0 Å². The zero-order valence-corrected chi connectivity index (χ0v) is 12.7. The van der Waals surface area contributed by atoms with E-state index in [0.29, 0.717) is 11.1 Å². The Morgan fingerprint density at radius 3 is 1.55 bits per heavy atom. The molecule has 116 valence electrons. The van der Waals surface area contributed by atoms with Gasteiger partial charge in [0.15, 0.2) is 0 Å². The van der Waals surface area contributed by atoms with Gasteiger partial charge in [-0.1, -0.05) is 18.2 Å². The minimum atomic E-state index is -0.336. The van der Waals surface area contributed by atoms with Gasteiger partial charge in [-0.15, -0.1) is 0 Å². The van der Waals surface area contributed by atoms with Crippen molar-refractivity contribution in [3.05, 3.63) is 65.7 Å². The lowest BCUT2D eigenvalue weighted by Crippen LogP contribution is -2.00. The molecule has 0 heterocycles. The van der Waals surface area contributed by atoms with Gasteiger partial charge >= 0.3 is 11.9 Å². The molecule has 0 saturated carbocycles. The van der Waals surface area contributed by atoms with Crippen molar-refractivity contribution in [1.29, 1.82) is 0 Å².